The van der Waals surface area contributed by atoms with Gasteiger partial charge in [-0.05, 0) is 6.42 Å². The lowest BCUT2D eigenvalue weighted by Gasteiger charge is -2.00. The number of aliphatic carboxylic acids is 1. The minimum atomic E-state index is -0.875. The summed E-state index contributed by atoms with van der Waals surface area (Å²) >= 11 is 0. The zero-order valence-electron chi connectivity index (χ0n) is 5.96. The van der Waals surface area contributed by atoms with Gasteiger partial charge in [0.1, 0.15) is 0 Å². The lowest BCUT2D eigenvalue weighted by molar-refractivity contribution is -0.137. The standard InChI is InChI=1S/C5H11N3O3/c6-8-5(11)7-3-1-2-4(9)10/h1-3,6H2,(H,9,10)(H2,7,8,11). The van der Waals surface area contributed by atoms with Gasteiger partial charge in [0.2, 0.25) is 0 Å². The summed E-state index contributed by atoms with van der Waals surface area (Å²) in [7, 11) is 0. The first-order chi connectivity index (χ1) is 5.16. The minimum Gasteiger partial charge on any atom is -0.481 e. The number of carboxylic acids is 1. The van der Waals surface area contributed by atoms with Crippen molar-refractivity contribution in [2.45, 2.75) is 12.8 Å². The number of rotatable bonds is 4. The zero-order chi connectivity index (χ0) is 8.69. The van der Waals surface area contributed by atoms with Gasteiger partial charge in [-0.1, -0.05) is 0 Å². The highest BCUT2D eigenvalue weighted by molar-refractivity contribution is 5.73. The fraction of sp³-hybridized carbons (Fsp3) is 0.600. The molecule has 0 spiro atoms. The van der Waals surface area contributed by atoms with Crippen LogP contribution in [0.2, 0.25) is 0 Å². The first-order valence-corrected chi connectivity index (χ1v) is 3.13. The third-order valence-corrected chi connectivity index (χ3v) is 0.984. The second kappa shape index (κ2) is 5.48. The highest BCUT2D eigenvalue weighted by Gasteiger charge is 1.97. The molecule has 0 unspecified atom stereocenters. The first kappa shape index (κ1) is 9.70. The number of carboxylic acid groups (broad SMARTS) is 1. The Hall–Kier alpha value is -1.30. The maximum Gasteiger partial charge on any atom is 0.328 e. The molecule has 0 aromatic heterocycles. The number of hydrogen-bond acceptors (Lipinski definition) is 3. The molecule has 0 aromatic rings. The SMILES string of the molecule is NNC(=O)NCCCC(=O)O. The van der Waals surface area contributed by atoms with Crippen molar-refractivity contribution < 1.29 is 14.7 Å². The van der Waals surface area contributed by atoms with Crippen LogP contribution in [0, 0.1) is 0 Å². The summed E-state index contributed by atoms with van der Waals surface area (Å²) in [6, 6.07) is -0.504. The van der Waals surface area contributed by atoms with E-state index in [-0.39, 0.29) is 6.42 Å². The van der Waals surface area contributed by atoms with Gasteiger partial charge in [0, 0.05) is 13.0 Å². The van der Waals surface area contributed by atoms with E-state index in [2.05, 4.69) is 5.32 Å². The maximum atomic E-state index is 10.4. The van der Waals surface area contributed by atoms with Gasteiger partial charge in [0.05, 0.1) is 0 Å². The van der Waals surface area contributed by atoms with Crippen molar-refractivity contribution in [3.8, 4) is 0 Å². The number of amides is 2. The third-order valence-electron chi connectivity index (χ3n) is 0.984. The molecular formula is C5H11N3O3. The van der Waals surface area contributed by atoms with Gasteiger partial charge >= 0.3 is 12.0 Å². The Balaban J connectivity index is 3.14. The van der Waals surface area contributed by atoms with Gasteiger partial charge < -0.3 is 10.4 Å². The van der Waals surface area contributed by atoms with Crippen molar-refractivity contribution in [2.24, 2.45) is 5.84 Å². The number of nitrogens with two attached hydrogens (primary N) is 1. The largest absolute Gasteiger partial charge is 0.481 e. The van der Waals surface area contributed by atoms with Crippen LogP contribution in [-0.4, -0.2) is 23.7 Å². The number of hydrazine groups is 1. The van der Waals surface area contributed by atoms with Gasteiger partial charge in [-0.2, -0.15) is 0 Å². The molecule has 0 rings (SSSR count). The van der Waals surface area contributed by atoms with E-state index in [1.807, 2.05) is 5.43 Å². The van der Waals surface area contributed by atoms with E-state index < -0.39 is 12.0 Å². The summed E-state index contributed by atoms with van der Waals surface area (Å²) in [4.78, 5) is 20.3. The summed E-state index contributed by atoms with van der Waals surface area (Å²) in [6.07, 6.45) is 0.452. The normalized spacial score (nSPS) is 8.82. The molecule has 0 aliphatic rings. The Morgan fingerprint density at radius 2 is 2.09 bits per heavy atom. The summed E-state index contributed by atoms with van der Waals surface area (Å²) in [6.45, 7) is 0.315. The van der Waals surface area contributed by atoms with E-state index >= 15 is 0 Å². The average Bonchev–Trinajstić information content (AvgIpc) is 1.97. The fourth-order valence-electron chi connectivity index (χ4n) is 0.493. The van der Waals surface area contributed by atoms with E-state index in [1.165, 1.54) is 0 Å². The second-order valence-corrected chi connectivity index (χ2v) is 1.90. The molecule has 6 heteroatoms. The number of urea groups is 1. The van der Waals surface area contributed by atoms with E-state index in [1.54, 1.807) is 0 Å². The fourth-order valence-corrected chi connectivity index (χ4v) is 0.493. The smallest absolute Gasteiger partial charge is 0.328 e. The van der Waals surface area contributed by atoms with E-state index in [4.69, 9.17) is 10.9 Å². The van der Waals surface area contributed by atoms with Crippen molar-refractivity contribution >= 4 is 12.0 Å². The van der Waals surface area contributed by atoms with Gasteiger partial charge in [-0.25, -0.2) is 10.6 Å². The van der Waals surface area contributed by atoms with Crippen LogP contribution in [0.3, 0.4) is 0 Å². The van der Waals surface area contributed by atoms with E-state index in [0.717, 1.165) is 0 Å². The predicted octanol–water partition coefficient (Wildman–Crippen LogP) is -0.976. The zero-order valence-corrected chi connectivity index (χ0v) is 5.96. The lowest BCUT2D eigenvalue weighted by atomic mass is 10.3. The van der Waals surface area contributed by atoms with Crippen LogP contribution in [0.15, 0.2) is 0 Å². The molecule has 11 heavy (non-hydrogen) atoms. The van der Waals surface area contributed by atoms with Crippen LogP contribution in [0.1, 0.15) is 12.8 Å². The molecule has 5 N–H and O–H groups in total. The Kier molecular flexibility index (Phi) is 4.83. The predicted molar refractivity (Wildman–Crippen MR) is 37.6 cm³/mol. The molecule has 0 aliphatic heterocycles. The van der Waals surface area contributed by atoms with Gasteiger partial charge in [0.25, 0.3) is 0 Å². The molecule has 0 saturated carbocycles. The van der Waals surface area contributed by atoms with Crippen molar-refractivity contribution in [2.75, 3.05) is 6.54 Å². The van der Waals surface area contributed by atoms with Crippen molar-refractivity contribution in [3.05, 3.63) is 0 Å². The Morgan fingerprint density at radius 3 is 2.55 bits per heavy atom. The number of carbonyl (C=O) groups is 2. The van der Waals surface area contributed by atoms with E-state index in [0.29, 0.717) is 13.0 Å². The van der Waals surface area contributed by atoms with Crippen LogP contribution in [0.4, 0.5) is 4.79 Å². The molecule has 0 bridgehead atoms. The van der Waals surface area contributed by atoms with Crippen LogP contribution < -0.4 is 16.6 Å². The Morgan fingerprint density at radius 1 is 1.45 bits per heavy atom. The summed E-state index contributed by atoms with van der Waals surface area (Å²) < 4.78 is 0. The van der Waals surface area contributed by atoms with Crippen LogP contribution >= 0.6 is 0 Å². The van der Waals surface area contributed by atoms with Gasteiger partial charge in [-0.3, -0.25) is 10.2 Å². The molecule has 2 amide bonds. The molecule has 0 atom stereocenters. The Bertz CT molecular complexity index is 148. The third kappa shape index (κ3) is 6.59. The molecule has 0 radical (unpaired) electrons. The molecule has 0 fully saturated rings. The number of nitrogens with one attached hydrogen (secondary N) is 2. The Labute approximate surface area is 63.7 Å². The van der Waals surface area contributed by atoms with Gasteiger partial charge in [0.15, 0.2) is 0 Å². The minimum absolute atomic E-state index is 0.0465. The average molecular weight is 161 g/mol. The molecular weight excluding hydrogens is 150 g/mol. The molecule has 64 valence electrons. The van der Waals surface area contributed by atoms with Crippen molar-refractivity contribution in [1.82, 2.24) is 10.7 Å². The number of hydrogen-bond donors (Lipinski definition) is 4. The van der Waals surface area contributed by atoms with Crippen LogP contribution in [-0.2, 0) is 4.79 Å². The number of carbonyl (C=O) groups excluding carboxylic acids is 1. The highest BCUT2D eigenvalue weighted by atomic mass is 16.4. The summed E-state index contributed by atoms with van der Waals surface area (Å²) in [5, 5.41) is 10.5. The molecule has 0 heterocycles. The van der Waals surface area contributed by atoms with Crippen LogP contribution in [0.25, 0.3) is 0 Å². The van der Waals surface area contributed by atoms with E-state index in [9.17, 15) is 9.59 Å². The first-order valence-electron chi connectivity index (χ1n) is 3.13. The molecule has 0 aliphatic carbocycles. The highest BCUT2D eigenvalue weighted by Crippen LogP contribution is 1.84. The summed E-state index contributed by atoms with van der Waals surface area (Å²) in [5.74, 6) is 3.86. The van der Waals surface area contributed by atoms with Gasteiger partial charge in [-0.15, -0.1) is 0 Å². The van der Waals surface area contributed by atoms with Crippen molar-refractivity contribution in [1.29, 1.82) is 0 Å². The van der Waals surface area contributed by atoms with Crippen molar-refractivity contribution in [3.63, 3.8) is 0 Å². The summed E-state index contributed by atoms with van der Waals surface area (Å²) in [5.41, 5.74) is 1.86. The molecule has 0 saturated heterocycles. The molecule has 6 nitrogen and oxygen atoms in total. The lowest BCUT2D eigenvalue weighted by Crippen LogP contribution is -2.40. The quantitative estimate of drug-likeness (QED) is 0.184. The second-order valence-electron chi connectivity index (χ2n) is 1.90. The molecule has 0 aromatic carbocycles. The van der Waals surface area contributed by atoms with Crippen LogP contribution in [0.5, 0.6) is 0 Å². The maximum absolute atomic E-state index is 10.4. The monoisotopic (exact) mass is 161 g/mol. The topological polar surface area (TPSA) is 104 Å².